The van der Waals surface area contributed by atoms with E-state index in [1.165, 1.54) is 11.6 Å². The second-order valence-corrected chi connectivity index (χ2v) is 4.90. The Morgan fingerprint density at radius 1 is 1.33 bits per heavy atom. The van der Waals surface area contributed by atoms with E-state index in [1.54, 1.807) is 24.4 Å². The third-order valence-electron chi connectivity index (χ3n) is 3.70. The fraction of sp³-hybridized carbons (Fsp3) is 0.176. The Bertz CT molecular complexity index is 710. The monoisotopic (exact) mass is 280 g/mol. The van der Waals surface area contributed by atoms with Crippen molar-refractivity contribution in [1.29, 1.82) is 0 Å². The number of carbonyl (C=O) groups excluding carboxylic acids is 1. The average Bonchev–Trinajstić information content (AvgIpc) is 2.97. The third-order valence-corrected chi connectivity index (χ3v) is 3.70. The number of nitrogens with zero attached hydrogens (tertiary/aromatic N) is 2. The van der Waals surface area contributed by atoms with Crippen LogP contribution in [0.3, 0.4) is 0 Å². The molecule has 1 amide bonds. The summed E-state index contributed by atoms with van der Waals surface area (Å²) in [5.74, 6) is 0.654. The lowest BCUT2D eigenvalue weighted by Crippen LogP contribution is -2.26. The summed E-state index contributed by atoms with van der Waals surface area (Å²) >= 11 is 0. The molecule has 106 valence electrons. The zero-order chi connectivity index (χ0) is 14.8. The second kappa shape index (κ2) is 5.40. The molecular weight excluding hydrogens is 264 g/mol. The van der Waals surface area contributed by atoms with E-state index in [0.717, 1.165) is 23.2 Å². The minimum Gasteiger partial charge on any atom is -0.495 e. The fourth-order valence-electron chi connectivity index (χ4n) is 2.59. The van der Waals surface area contributed by atoms with Crippen LogP contribution in [-0.2, 0) is 11.2 Å². The number of amides is 1. The van der Waals surface area contributed by atoms with Gasteiger partial charge in [-0.25, -0.2) is 0 Å². The average molecular weight is 280 g/mol. The maximum absolute atomic E-state index is 11.9. The van der Waals surface area contributed by atoms with Crippen LogP contribution in [0.5, 0.6) is 5.75 Å². The highest BCUT2D eigenvalue weighted by Crippen LogP contribution is 2.33. The van der Waals surface area contributed by atoms with Crippen molar-refractivity contribution < 1.29 is 9.53 Å². The molecule has 1 aromatic heterocycles. The normalized spacial score (nSPS) is 12.9. The van der Waals surface area contributed by atoms with Gasteiger partial charge in [-0.3, -0.25) is 9.78 Å². The number of hydrogen-bond donors (Lipinski definition) is 0. The summed E-state index contributed by atoms with van der Waals surface area (Å²) in [6.07, 6.45) is 5.70. The molecule has 0 unspecified atom stereocenters. The molecular formula is C17H16N2O2. The van der Waals surface area contributed by atoms with Crippen LogP contribution in [0.4, 0.5) is 5.69 Å². The van der Waals surface area contributed by atoms with Gasteiger partial charge in [-0.15, -0.1) is 0 Å². The van der Waals surface area contributed by atoms with Gasteiger partial charge in [0.15, 0.2) is 0 Å². The van der Waals surface area contributed by atoms with Gasteiger partial charge in [0.05, 0.1) is 13.3 Å². The minimum absolute atomic E-state index is 0.0605. The Morgan fingerprint density at radius 2 is 2.19 bits per heavy atom. The summed E-state index contributed by atoms with van der Waals surface area (Å²) in [7, 11) is 1.62. The van der Waals surface area contributed by atoms with Gasteiger partial charge in [-0.05, 0) is 35.8 Å². The van der Waals surface area contributed by atoms with Crippen LogP contribution < -0.4 is 9.64 Å². The van der Waals surface area contributed by atoms with Crippen molar-refractivity contribution in [3.8, 4) is 16.9 Å². The standard InChI is InChI=1S/C17H16N2O2/c1-3-17(20)19-7-6-12-4-5-13(9-16(12)19)14-8-15(21-2)11-18-10-14/h3-5,8-11H,1,6-7H2,2H3. The number of carbonyl (C=O) groups is 1. The highest BCUT2D eigenvalue weighted by atomic mass is 16.5. The number of benzene rings is 1. The molecule has 0 atom stereocenters. The molecule has 4 heteroatoms. The third kappa shape index (κ3) is 2.40. The lowest BCUT2D eigenvalue weighted by molar-refractivity contribution is -0.114. The van der Waals surface area contributed by atoms with Crippen molar-refractivity contribution in [3.63, 3.8) is 0 Å². The number of anilines is 1. The van der Waals surface area contributed by atoms with Gasteiger partial charge in [-0.1, -0.05) is 18.7 Å². The van der Waals surface area contributed by atoms with Crippen molar-refractivity contribution in [2.75, 3.05) is 18.6 Å². The van der Waals surface area contributed by atoms with Crippen molar-refractivity contribution in [3.05, 3.63) is 54.9 Å². The highest BCUT2D eigenvalue weighted by Gasteiger charge is 2.23. The largest absolute Gasteiger partial charge is 0.495 e. The summed E-state index contributed by atoms with van der Waals surface area (Å²) in [6.45, 7) is 4.27. The van der Waals surface area contributed by atoms with Gasteiger partial charge in [0.1, 0.15) is 5.75 Å². The van der Waals surface area contributed by atoms with Gasteiger partial charge < -0.3 is 9.64 Å². The van der Waals surface area contributed by atoms with E-state index in [-0.39, 0.29) is 5.91 Å². The van der Waals surface area contributed by atoms with E-state index in [0.29, 0.717) is 12.3 Å². The predicted octanol–water partition coefficient (Wildman–Crippen LogP) is 2.83. The molecule has 4 nitrogen and oxygen atoms in total. The molecule has 0 spiro atoms. The summed E-state index contributed by atoms with van der Waals surface area (Å²) in [4.78, 5) is 17.8. The quantitative estimate of drug-likeness (QED) is 0.812. The Balaban J connectivity index is 2.02. The van der Waals surface area contributed by atoms with Gasteiger partial charge in [0.25, 0.3) is 0 Å². The first-order valence-electron chi connectivity index (χ1n) is 6.79. The number of fused-ring (bicyclic) bond motifs is 1. The van der Waals surface area contributed by atoms with E-state index < -0.39 is 0 Å². The van der Waals surface area contributed by atoms with Crippen molar-refractivity contribution in [1.82, 2.24) is 4.98 Å². The first kappa shape index (κ1) is 13.4. The summed E-state index contributed by atoms with van der Waals surface area (Å²) in [5, 5.41) is 0. The second-order valence-electron chi connectivity index (χ2n) is 4.90. The van der Waals surface area contributed by atoms with Crippen LogP contribution >= 0.6 is 0 Å². The van der Waals surface area contributed by atoms with Crippen LogP contribution in [0.1, 0.15) is 5.56 Å². The van der Waals surface area contributed by atoms with Gasteiger partial charge >= 0.3 is 0 Å². The van der Waals surface area contributed by atoms with Gasteiger partial charge in [0, 0.05) is 24.0 Å². The van der Waals surface area contributed by atoms with E-state index in [4.69, 9.17) is 4.74 Å². The zero-order valence-corrected chi connectivity index (χ0v) is 11.9. The molecule has 0 radical (unpaired) electrons. The molecule has 2 heterocycles. The van der Waals surface area contributed by atoms with Crippen molar-refractivity contribution in [2.24, 2.45) is 0 Å². The lowest BCUT2D eigenvalue weighted by Gasteiger charge is -2.16. The van der Waals surface area contributed by atoms with E-state index in [1.807, 2.05) is 12.1 Å². The van der Waals surface area contributed by atoms with Gasteiger partial charge in [0.2, 0.25) is 5.91 Å². The van der Waals surface area contributed by atoms with Crippen LogP contribution in [0.15, 0.2) is 49.3 Å². The molecule has 0 saturated heterocycles. The smallest absolute Gasteiger partial charge is 0.250 e. The molecule has 3 rings (SSSR count). The number of aromatic nitrogens is 1. The number of hydrogen-bond acceptors (Lipinski definition) is 3. The molecule has 1 aromatic carbocycles. The molecule has 0 aliphatic carbocycles. The van der Waals surface area contributed by atoms with Gasteiger partial charge in [-0.2, -0.15) is 0 Å². The van der Waals surface area contributed by atoms with Crippen LogP contribution in [0.25, 0.3) is 11.1 Å². The molecule has 21 heavy (non-hydrogen) atoms. The van der Waals surface area contributed by atoms with E-state index in [9.17, 15) is 4.79 Å². The topological polar surface area (TPSA) is 42.4 Å². The Morgan fingerprint density at radius 3 is 2.95 bits per heavy atom. The van der Waals surface area contributed by atoms with E-state index in [2.05, 4.69) is 23.7 Å². The summed E-state index contributed by atoms with van der Waals surface area (Å²) in [6, 6.07) is 8.08. The predicted molar refractivity (Wildman–Crippen MR) is 82.5 cm³/mol. The van der Waals surface area contributed by atoms with Crippen molar-refractivity contribution >= 4 is 11.6 Å². The molecule has 1 aliphatic rings. The molecule has 2 aromatic rings. The maximum atomic E-state index is 11.9. The first-order valence-corrected chi connectivity index (χ1v) is 6.79. The SMILES string of the molecule is C=CC(=O)N1CCc2ccc(-c3cncc(OC)c3)cc21. The molecule has 0 bridgehead atoms. The lowest BCUT2D eigenvalue weighted by atomic mass is 10.0. The highest BCUT2D eigenvalue weighted by molar-refractivity contribution is 6.03. The zero-order valence-electron chi connectivity index (χ0n) is 11.9. The Hall–Kier alpha value is -2.62. The number of pyridine rings is 1. The molecule has 0 fully saturated rings. The van der Waals surface area contributed by atoms with Crippen LogP contribution in [0, 0.1) is 0 Å². The molecule has 1 aliphatic heterocycles. The minimum atomic E-state index is -0.0605. The number of ether oxygens (including phenoxy) is 1. The van der Waals surface area contributed by atoms with Crippen molar-refractivity contribution in [2.45, 2.75) is 6.42 Å². The molecule has 0 N–H and O–H groups in total. The molecule has 0 saturated carbocycles. The Labute approximate surface area is 123 Å². The van der Waals surface area contributed by atoms with Crippen LogP contribution in [-0.4, -0.2) is 24.5 Å². The summed E-state index contributed by atoms with van der Waals surface area (Å²) in [5.41, 5.74) is 4.13. The number of rotatable bonds is 3. The Kier molecular flexibility index (Phi) is 3.44. The summed E-state index contributed by atoms with van der Waals surface area (Å²) < 4.78 is 5.21. The van der Waals surface area contributed by atoms with E-state index >= 15 is 0 Å². The number of methoxy groups -OCH3 is 1. The fourth-order valence-corrected chi connectivity index (χ4v) is 2.59. The first-order chi connectivity index (χ1) is 10.2. The van der Waals surface area contributed by atoms with Crippen LogP contribution in [0.2, 0.25) is 0 Å². The maximum Gasteiger partial charge on any atom is 0.250 e.